The summed E-state index contributed by atoms with van der Waals surface area (Å²) in [5.41, 5.74) is 1.82. The molecule has 0 unspecified atom stereocenters. The van der Waals surface area contributed by atoms with Gasteiger partial charge in [-0.2, -0.15) is 0 Å². The number of amides is 1. The number of thiophene rings is 1. The van der Waals surface area contributed by atoms with Gasteiger partial charge in [0.1, 0.15) is 4.88 Å². The number of nitrogens with one attached hydrogen (secondary N) is 1. The average Bonchev–Trinajstić information content (AvgIpc) is 3.08. The van der Waals surface area contributed by atoms with Crippen LogP contribution < -0.4 is 14.8 Å². The molecular formula is C22H30N2O5S. The number of rotatable bonds is 11. The van der Waals surface area contributed by atoms with Gasteiger partial charge in [0.25, 0.3) is 0 Å². The number of benzene rings is 1. The molecule has 1 amide bonds. The van der Waals surface area contributed by atoms with E-state index in [0.717, 1.165) is 11.1 Å². The number of carbonyl (C=O) groups is 2. The molecule has 164 valence electrons. The summed E-state index contributed by atoms with van der Waals surface area (Å²) in [7, 11) is 1.61. The highest BCUT2D eigenvalue weighted by Gasteiger charge is 2.17. The third-order valence-corrected chi connectivity index (χ3v) is 5.52. The van der Waals surface area contributed by atoms with Gasteiger partial charge < -0.3 is 19.5 Å². The van der Waals surface area contributed by atoms with Crippen LogP contribution in [0.1, 0.15) is 41.6 Å². The molecule has 30 heavy (non-hydrogen) atoms. The van der Waals surface area contributed by atoms with Gasteiger partial charge >= 0.3 is 5.97 Å². The van der Waals surface area contributed by atoms with Crippen LogP contribution in [0.15, 0.2) is 24.3 Å². The fourth-order valence-corrected chi connectivity index (χ4v) is 3.93. The van der Waals surface area contributed by atoms with Gasteiger partial charge in [0, 0.05) is 6.54 Å². The highest BCUT2D eigenvalue weighted by atomic mass is 32.1. The second kappa shape index (κ2) is 11.6. The standard InChI is InChI=1S/C22H30N2O5S/c1-6-24(13-16-9-10-17(28-7-2)18(12-16)27-5)14-19(25)23-20-11-15(4)21(30-20)22(26)29-8-3/h9-12H,6-8,13-14H2,1-5H3,(H,23,25). The molecule has 0 saturated heterocycles. The maximum atomic E-state index is 12.5. The number of esters is 1. The van der Waals surface area contributed by atoms with Crippen molar-refractivity contribution in [3.05, 3.63) is 40.3 Å². The lowest BCUT2D eigenvalue weighted by Crippen LogP contribution is -2.32. The lowest BCUT2D eigenvalue weighted by Gasteiger charge is -2.20. The molecule has 0 saturated carbocycles. The van der Waals surface area contributed by atoms with Crippen molar-refractivity contribution >= 4 is 28.2 Å². The second-order valence-electron chi connectivity index (χ2n) is 6.61. The number of methoxy groups -OCH3 is 1. The van der Waals surface area contributed by atoms with Crippen LogP contribution in [0.2, 0.25) is 0 Å². The molecule has 0 fully saturated rings. The van der Waals surface area contributed by atoms with E-state index in [2.05, 4.69) is 5.32 Å². The van der Waals surface area contributed by atoms with E-state index < -0.39 is 0 Å². The van der Waals surface area contributed by atoms with E-state index in [1.807, 2.05) is 43.9 Å². The number of hydrogen-bond acceptors (Lipinski definition) is 7. The van der Waals surface area contributed by atoms with Gasteiger partial charge in [-0.25, -0.2) is 4.79 Å². The first-order valence-electron chi connectivity index (χ1n) is 10.0. The van der Waals surface area contributed by atoms with E-state index in [4.69, 9.17) is 14.2 Å². The molecule has 0 bridgehead atoms. The summed E-state index contributed by atoms with van der Waals surface area (Å²) in [6.45, 7) is 9.96. The van der Waals surface area contributed by atoms with Gasteiger partial charge in [-0.15, -0.1) is 11.3 Å². The van der Waals surface area contributed by atoms with Crippen molar-refractivity contribution in [3.63, 3.8) is 0 Å². The highest BCUT2D eigenvalue weighted by molar-refractivity contribution is 7.18. The molecule has 1 aromatic carbocycles. The first-order valence-corrected chi connectivity index (χ1v) is 10.8. The Labute approximate surface area is 181 Å². The maximum Gasteiger partial charge on any atom is 0.348 e. The van der Waals surface area contributed by atoms with Crippen molar-refractivity contribution in [2.24, 2.45) is 0 Å². The zero-order valence-corrected chi connectivity index (χ0v) is 19.1. The molecular weight excluding hydrogens is 404 g/mol. The zero-order valence-electron chi connectivity index (χ0n) is 18.2. The van der Waals surface area contributed by atoms with Gasteiger partial charge in [-0.3, -0.25) is 9.69 Å². The molecule has 7 nitrogen and oxygen atoms in total. The number of nitrogens with zero attached hydrogens (tertiary/aromatic N) is 1. The summed E-state index contributed by atoms with van der Waals surface area (Å²) >= 11 is 1.23. The summed E-state index contributed by atoms with van der Waals surface area (Å²) in [6, 6.07) is 7.58. The van der Waals surface area contributed by atoms with E-state index in [1.165, 1.54) is 11.3 Å². The third-order valence-electron chi connectivity index (χ3n) is 4.39. The summed E-state index contributed by atoms with van der Waals surface area (Å²) in [5, 5.41) is 3.52. The minimum absolute atomic E-state index is 0.133. The number of carbonyl (C=O) groups excluding carboxylic acids is 2. The van der Waals surface area contributed by atoms with Crippen LogP contribution >= 0.6 is 11.3 Å². The Morgan fingerprint density at radius 2 is 1.87 bits per heavy atom. The molecule has 0 atom stereocenters. The van der Waals surface area contributed by atoms with E-state index >= 15 is 0 Å². The van der Waals surface area contributed by atoms with Crippen molar-refractivity contribution < 1.29 is 23.8 Å². The Bertz CT molecular complexity index is 865. The first kappa shape index (κ1) is 23.7. The largest absolute Gasteiger partial charge is 0.493 e. The van der Waals surface area contributed by atoms with Crippen molar-refractivity contribution in [1.82, 2.24) is 4.90 Å². The van der Waals surface area contributed by atoms with Crippen LogP contribution in [0.4, 0.5) is 5.00 Å². The molecule has 1 aromatic heterocycles. The molecule has 0 aliphatic heterocycles. The lowest BCUT2D eigenvalue weighted by atomic mass is 10.2. The predicted octanol–water partition coefficient (Wildman–Crippen LogP) is 4.10. The first-order chi connectivity index (χ1) is 14.4. The van der Waals surface area contributed by atoms with Crippen molar-refractivity contribution in [3.8, 4) is 11.5 Å². The number of ether oxygens (including phenoxy) is 3. The van der Waals surface area contributed by atoms with Gasteiger partial charge in [0.15, 0.2) is 11.5 Å². The van der Waals surface area contributed by atoms with Crippen molar-refractivity contribution in [2.75, 3.05) is 38.7 Å². The van der Waals surface area contributed by atoms with E-state index in [9.17, 15) is 9.59 Å². The summed E-state index contributed by atoms with van der Waals surface area (Å²) in [5.74, 6) is 0.886. The van der Waals surface area contributed by atoms with Gasteiger partial charge in [0.05, 0.1) is 31.9 Å². The average molecular weight is 435 g/mol. The number of anilines is 1. The Hall–Kier alpha value is -2.58. The Balaban J connectivity index is 2.00. The number of aryl methyl sites for hydroxylation is 1. The van der Waals surface area contributed by atoms with Gasteiger partial charge in [-0.05, 0) is 56.6 Å². The fraction of sp³-hybridized carbons (Fsp3) is 0.455. The molecule has 1 N–H and O–H groups in total. The smallest absolute Gasteiger partial charge is 0.348 e. The van der Waals surface area contributed by atoms with Gasteiger partial charge in [-0.1, -0.05) is 13.0 Å². The lowest BCUT2D eigenvalue weighted by molar-refractivity contribution is -0.117. The minimum Gasteiger partial charge on any atom is -0.493 e. The summed E-state index contributed by atoms with van der Waals surface area (Å²) in [6.07, 6.45) is 0. The summed E-state index contributed by atoms with van der Waals surface area (Å²) < 4.78 is 16.0. The molecule has 2 rings (SSSR count). The number of likely N-dealkylation sites (N-methyl/N-ethyl adjacent to an activating group) is 1. The van der Waals surface area contributed by atoms with Gasteiger partial charge in [0.2, 0.25) is 5.91 Å². The van der Waals surface area contributed by atoms with Crippen molar-refractivity contribution in [2.45, 2.75) is 34.2 Å². The van der Waals surface area contributed by atoms with Crippen LogP contribution in [0, 0.1) is 6.92 Å². The molecule has 0 spiro atoms. The molecule has 8 heteroatoms. The van der Waals surface area contributed by atoms with Crippen LogP contribution in [-0.2, 0) is 16.1 Å². The minimum atomic E-state index is -0.361. The number of hydrogen-bond donors (Lipinski definition) is 1. The predicted molar refractivity (Wildman–Crippen MR) is 119 cm³/mol. The fourth-order valence-electron chi connectivity index (χ4n) is 2.95. The quantitative estimate of drug-likeness (QED) is 0.537. The molecule has 0 radical (unpaired) electrons. The normalized spacial score (nSPS) is 10.7. The molecule has 0 aliphatic carbocycles. The van der Waals surface area contributed by atoms with E-state index in [-0.39, 0.29) is 18.4 Å². The van der Waals surface area contributed by atoms with Crippen LogP contribution in [0.5, 0.6) is 11.5 Å². The van der Waals surface area contributed by atoms with Crippen molar-refractivity contribution in [1.29, 1.82) is 0 Å². The molecule has 0 aliphatic rings. The summed E-state index contributed by atoms with van der Waals surface area (Å²) in [4.78, 5) is 27.0. The molecule has 2 aromatic rings. The monoisotopic (exact) mass is 434 g/mol. The van der Waals surface area contributed by atoms with Crippen LogP contribution in [0.25, 0.3) is 0 Å². The Morgan fingerprint density at radius 3 is 2.50 bits per heavy atom. The SMILES string of the molecule is CCOC(=O)c1sc(NC(=O)CN(CC)Cc2ccc(OCC)c(OC)c2)cc1C. The zero-order chi connectivity index (χ0) is 22.1. The topological polar surface area (TPSA) is 77.1 Å². The van der Waals surface area contributed by atoms with E-state index in [0.29, 0.717) is 47.7 Å². The molecule has 1 heterocycles. The Kier molecular flexibility index (Phi) is 9.14. The van der Waals surface area contributed by atoms with E-state index in [1.54, 1.807) is 20.1 Å². The third kappa shape index (κ3) is 6.47. The second-order valence-corrected chi connectivity index (χ2v) is 7.67. The van der Waals surface area contributed by atoms with Crippen LogP contribution in [0.3, 0.4) is 0 Å². The Morgan fingerprint density at radius 1 is 1.10 bits per heavy atom. The van der Waals surface area contributed by atoms with Crippen LogP contribution in [-0.4, -0.2) is 50.2 Å². The highest BCUT2D eigenvalue weighted by Crippen LogP contribution is 2.29. The maximum absolute atomic E-state index is 12.5.